The minimum Gasteiger partial charge on any atom is -0.489 e. The third kappa shape index (κ3) is 5.31. The van der Waals surface area contributed by atoms with E-state index < -0.39 is 11.2 Å². The van der Waals surface area contributed by atoms with E-state index in [0.29, 0.717) is 23.3 Å². The van der Waals surface area contributed by atoms with E-state index >= 15 is 0 Å². The Balaban J connectivity index is 1.21. The summed E-state index contributed by atoms with van der Waals surface area (Å²) >= 11 is 0. The van der Waals surface area contributed by atoms with Gasteiger partial charge in [-0.25, -0.2) is 4.79 Å². The van der Waals surface area contributed by atoms with Crippen LogP contribution in [-0.4, -0.2) is 35.4 Å². The molecule has 1 atom stereocenters. The van der Waals surface area contributed by atoms with Crippen LogP contribution in [0, 0.1) is 11.3 Å². The van der Waals surface area contributed by atoms with Crippen LogP contribution in [0.1, 0.15) is 54.0 Å². The molecule has 2 heterocycles. The summed E-state index contributed by atoms with van der Waals surface area (Å²) in [7, 11) is 0. The number of ether oxygens (including phenoxy) is 1. The van der Waals surface area contributed by atoms with Crippen molar-refractivity contribution in [3.8, 4) is 11.8 Å². The predicted molar refractivity (Wildman–Crippen MR) is 146 cm³/mol. The number of nitrogens with zero attached hydrogens (tertiary/aromatic N) is 2. The molecule has 1 unspecified atom stereocenters. The van der Waals surface area contributed by atoms with E-state index in [2.05, 4.69) is 21.3 Å². The Kier molecular flexibility index (Phi) is 6.67. The van der Waals surface area contributed by atoms with Crippen LogP contribution in [0.5, 0.6) is 5.75 Å². The number of likely N-dealkylation sites (tertiary alicyclic amines) is 1. The van der Waals surface area contributed by atoms with Crippen LogP contribution in [0.4, 0.5) is 0 Å². The molecule has 1 aromatic heterocycles. The number of carbonyl (C=O) groups excluding carboxylic acids is 1. The third-order valence-corrected chi connectivity index (χ3v) is 7.85. The highest BCUT2D eigenvalue weighted by molar-refractivity contribution is 5.92. The molecule has 0 radical (unpaired) electrons. The van der Waals surface area contributed by atoms with Gasteiger partial charge in [0.15, 0.2) is 5.58 Å². The lowest BCUT2D eigenvalue weighted by Gasteiger charge is -2.27. The van der Waals surface area contributed by atoms with Crippen molar-refractivity contribution in [2.45, 2.75) is 43.7 Å². The number of aromatic amines is 1. The van der Waals surface area contributed by atoms with Crippen molar-refractivity contribution >= 4 is 17.0 Å². The highest BCUT2D eigenvalue weighted by atomic mass is 16.5. The van der Waals surface area contributed by atoms with Crippen molar-refractivity contribution < 1.29 is 13.9 Å². The zero-order chi connectivity index (χ0) is 26.8. The molecule has 3 aromatic carbocycles. The Hall–Kier alpha value is -4.35. The maximum absolute atomic E-state index is 13.8. The van der Waals surface area contributed by atoms with Crippen LogP contribution in [0.15, 0.2) is 75.9 Å². The van der Waals surface area contributed by atoms with Crippen molar-refractivity contribution in [3.63, 3.8) is 0 Å². The van der Waals surface area contributed by atoms with Crippen molar-refractivity contribution in [3.05, 3.63) is 99.5 Å². The highest BCUT2D eigenvalue weighted by Crippen LogP contribution is 2.49. The van der Waals surface area contributed by atoms with Crippen LogP contribution in [-0.2, 0) is 16.8 Å². The van der Waals surface area contributed by atoms with Crippen LogP contribution in [0.3, 0.4) is 0 Å². The second-order valence-electron chi connectivity index (χ2n) is 10.5. The number of hydrogen-bond acceptors (Lipinski definition) is 6. The number of nitriles is 1. The summed E-state index contributed by atoms with van der Waals surface area (Å²) in [5, 5.41) is 12.4. The standard InChI is InChI=1S/C31H30N4O4/c32-18-21-6-8-22(9-7-21)20-38-25-5-3-4-23(16-25)27(19-35-14-1-2-15-35)33-29(36)31(12-13-31)24-10-11-28-26(17-24)34-30(37)39-28/h3-11,16-17,27H,1-2,12-15,19-20H2,(H,33,36)(H,34,37). The second-order valence-corrected chi connectivity index (χ2v) is 10.5. The average molecular weight is 523 g/mol. The minimum absolute atomic E-state index is 0.000734. The first-order chi connectivity index (χ1) is 19.0. The zero-order valence-corrected chi connectivity index (χ0v) is 21.6. The first kappa shape index (κ1) is 25.0. The van der Waals surface area contributed by atoms with Gasteiger partial charge >= 0.3 is 5.76 Å². The average Bonchev–Trinajstić information content (AvgIpc) is 3.45. The number of hydrogen-bond donors (Lipinski definition) is 2. The summed E-state index contributed by atoms with van der Waals surface area (Å²) in [6.07, 6.45) is 3.86. The van der Waals surface area contributed by atoms with Gasteiger partial charge in [0, 0.05) is 6.54 Å². The molecule has 6 rings (SSSR count). The summed E-state index contributed by atoms with van der Waals surface area (Å²) in [4.78, 5) is 30.5. The van der Waals surface area contributed by atoms with Gasteiger partial charge in [-0.3, -0.25) is 9.78 Å². The van der Waals surface area contributed by atoms with Gasteiger partial charge in [-0.05, 0) is 91.9 Å². The smallest absolute Gasteiger partial charge is 0.417 e. The molecular formula is C31H30N4O4. The molecule has 2 aliphatic rings. The van der Waals surface area contributed by atoms with E-state index in [1.807, 2.05) is 48.5 Å². The number of carbonyl (C=O) groups is 1. The van der Waals surface area contributed by atoms with Gasteiger partial charge < -0.3 is 19.4 Å². The summed E-state index contributed by atoms with van der Waals surface area (Å²) in [6, 6.07) is 22.7. The summed E-state index contributed by atoms with van der Waals surface area (Å²) in [5.41, 5.74) is 3.99. The molecule has 4 aromatic rings. The van der Waals surface area contributed by atoms with Gasteiger partial charge in [-0.15, -0.1) is 0 Å². The SMILES string of the molecule is N#Cc1ccc(COc2cccc(C(CN3CCCC3)NC(=O)C3(c4ccc5oc(=O)[nH]c5c4)CC3)c2)cc1. The Morgan fingerprint density at radius 1 is 1.10 bits per heavy atom. The molecular weight excluding hydrogens is 492 g/mol. The molecule has 2 N–H and O–H groups in total. The molecule has 1 amide bonds. The van der Waals surface area contributed by atoms with Crippen molar-refractivity contribution in [1.29, 1.82) is 5.26 Å². The lowest BCUT2D eigenvalue weighted by atomic mass is 9.93. The van der Waals surface area contributed by atoms with E-state index in [1.165, 1.54) is 12.8 Å². The fourth-order valence-electron chi connectivity index (χ4n) is 5.44. The number of oxazole rings is 1. The summed E-state index contributed by atoms with van der Waals surface area (Å²) < 4.78 is 11.2. The fourth-order valence-corrected chi connectivity index (χ4v) is 5.44. The molecule has 1 aliphatic heterocycles. The van der Waals surface area contributed by atoms with Crippen LogP contribution < -0.4 is 15.8 Å². The largest absolute Gasteiger partial charge is 0.489 e. The first-order valence-electron chi connectivity index (χ1n) is 13.4. The molecule has 39 heavy (non-hydrogen) atoms. The number of rotatable bonds is 9. The van der Waals surface area contributed by atoms with Crippen molar-refractivity contribution in [1.82, 2.24) is 15.2 Å². The third-order valence-electron chi connectivity index (χ3n) is 7.85. The van der Waals surface area contributed by atoms with Crippen LogP contribution >= 0.6 is 0 Å². The van der Waals surface area contributed by atoms with Crippen LogP contribution in [0.25, 0.3) is 11.1 Å². The van der Waals surface area contributed by atoms with E-state index in [0.717, 1.165) is 54.9 Å². The molecule has 198 valence electrons. The van der Waals surface area contributed by atoms with Gasteiger partial charge in [-0.1, -0.05) is 30.3 Å². The number of benzene rings is 3. The van der Waals surface area contributed by atoms with Crippen LogP contribution in [0.2, 0.25) is 0 Å². The second kappa shape index (κ2) is 10.4. The topological polar surface area (TPSA) is 111 Å². The molecule has 0 spiro atoms. The number of H-pyrrole nitrogens is 1. The molecule has 0 bridgehead atoms. The maximum atomic E-state index is 13.8. The van der Waals surface area contributed by atoms with E-state index in [-0.39, 0.29) is 11.9 Å². The van der Waals surface area contributed by atoms with Gasteiger partial charge in [0.1, 0.15) is 12.4 Å². The van der Waals surface area contributed by atoms with E-state index in [9.17, 15) is 9.59 Å². The maximum Gasteiger partial charge on any atom is 0.417 e. The predicted octanol–water partition coefficient (Wildman–Crippen LogP) is 4.56. The Morgan fingerprint density at radius 3 is 2.64 bits per heavy atom. The molecule has 2 fully saturated rings. The van der Waals surface area contributed by atoms with E-state index in [4.69, 9.17) is 14.4 Å². The highest BCUT2D eigenvalue weighted by Gasteiger charge is 2.52. The van der Waals surface area contributed by atoms with E-state index in [1.54, 1.807) is 18.2 Å². The number of aromatic nitrogens is 1. The monoisotopic (exact) mass is 522 g/mol. The number of fused-ring (bicyclic) bond motifs is 1. The summed E-state index contributed by atoms with van der Waals surface area (Å²) in [5.74, 6) is 0.234. The van der Waals surface area contributed by atoms with Gasteiger partial charge in [0.05, 0.1) is 28.6 Å². The molecule has 1 saturated carbocycles. The number of nitrogens with one attached hydrogen (secondary N) is 2. The number of amides is 1. The fraction of sp³-hybridized carbons (Fsp3) is 0.323. The quantitative estimate of drug-likeness (QED) is 0.333. The van der Waals surface area contributed by atoms with Crippen molar-refractivity contribution in [2.75, 3.05) is 19.6 Å². The molecule has 8 heteroatoms. The lowest BCUT2D eigenvalue weighted by Crippen LogP contribution is -2.41. The summed E-state index contributed by atoms with van der Waals surface area (Å²) in [6.45, 7) is 3.17. The normalized spacial score (nSPS) is 17.0. The van der Waals surface area contributed by atoms with Crippen molar-refractivity contribution in [2.24, 2.45) is 0 Å². The molecule has 1 saturated heterocycles. The lowest BCUT2D eigenvalue weighted by molar-refractivity contribution is -0.124. The Morgan fingerprint density at radius 2 is 1.90 bits per heavy atom. The van der Waals surface area contributed by atoms with Gasteiger partial charge in [-0.2, -0.15) is 5.26 Å². The Labute approximate surface area is 226 Å². The van der Waals surface area contributed by atoms with Gasteiger partial charge in [0.25, 0.3) is 0 Å². The minimum atomic E-state index is -0.602. The zero-order valence-electron chi connectivity index (χ0n) is 21.6. The first-order valence-corrected chi connectivity index (χ1v) is 13.4. The molecule has 8 nitrogen and oxygen atoms in total. The molecule has 1 aliphatic carbocycles. The Bertz CT molecular complexity index is 1590. The van der Waals surface area contributed by atoms with Gasteiger partial charge in [0.2, 0.25) is 5.91 Å².